The third-order valence-corrected chi connectivity index (χ3v) is 3.79. The number of benzene rings is 2. The molecule has 2 aromatic rings. The first-order valence-corrected chi connectivity index (χ1v) is 7.17. The molecule has 0 saturated carbocycles. The minimum absolute atomic E-state index is 0.205. The molecule has 20 heavy (non-hydrogen) atoms. The molecule has 1 N–H and O–H groups in total. The van der Waals surface area contributed by atoms with E-state index in [1.165, 1.54) is 5.56 Å². The van der Waals surface area contributed by atoms with E-state index in [2.05, 4.69) is 18.3 Å². The average Bonchev–Trinajstić information content (AvgIpc) is 2.46. The SMILES string of the molecule is COc1cccc(C(C)NCc2ccc(Cl)cc2Cl)c1. The topological polar surface area (TPSA) is 21.3 Å². The molecule has 0 saturated heterocycles. The predicted octanol–water partition coefficient (Wildman–Crippen LogP) is 4.85. The van der Waals surface area contributed by atoms with Gasteiger partial charge in [-0.15, -0.1) is 0 Å². The van der Waals surface area contributed by atoms with E-state index in [0.29, 0.717) is 16.6 Å². The summed E-state index contributed by atoms with van der Waals surface area (Å²) in [4.78, 5) is 0. The molecule has 0 bridgehead atoms. The van der Waals surface area contributed by atoms with Crippen molar-refractivity contribution in [2.75, 3.05) is 7.11 Å². The van der Waals surface area contributed by atoms with Crippen molar-refractivity contribution in [3.63, 3.8) is 0 Å². The second-order valence-corrected chi connectivity index (χ2v) is 5.46. The van der Waals surface area contributed by atoms with Gasteiger partial charge in [0.15, 0.2) is 0 Å². The Hall–Kier alpha value is -1.22. The van der Waals surface area contributed by atoms with Gasteiger partial charge < -0.3 is 10.1 Å². The zero-order valence-electron chi connectivity index (χ0n) is 11.5. The molecule has 0 aliphatic rings. The van der Waals surface area contributed by atoms with E-state index in [1.807, 2.05) is 30.3 Å². The lowest BCUT2D eigenvalue weighted by atomic mass is 10.1. The molecular weight excluding hydrogens is 293 g/mol. The largest absolute Gasteiger partial charge is 0.497 e. The molecule has 0 aliphatic heterocycles. The first-order chi connectivity index (χ1) is 9.60. The van der Waals surface area contributed by atoms with Crippen LogP contribution in [0.5, 0.6) is 5.75 Å². The van der Waals surface area contributed by atoms with E-state index < -0.39 is 0 Å². The number of nitrogens with one attached hydrogen (secondary N) is 1. The van der Waals surface area contributed by atoms with Crippen LogP contribution in [0.2, 0.25) is 10.0 Å². The summed E-state index contributed by atoms with van der Waals surface area (Å²) >= 11 is 12.1. The second kappa shape index (κ2) is 6.98. The van der Waals surface area contributed by atoms with Gasteiger partial charge in [0.1, 0.15) is 5.75 Å². The Balaban J connectivity index is 2.02. The minimum Gasteiger partial charge on any atom is -0.497 e. The minimum atomic E-state index is 0.205. The van der Waals surface area contributed by atoms with Crippen LogP contribution in [0.3, 0.4) is 0 Å². The Kier molecular flexibility index (Phi) is 5.30. The number of rotatable bonds is 5. The van der Waals surface area contributed by atoms with Gasteiger partial charge in [0.05, 0.1) is 7.11 Å². The van der Waals surface area contributed by atoms with Crippen LogP contribution >= 0.6 is 23.2 Å². The standard InChI is InChI=1S/C16H17Cl2NO/c1-11(12-4-3-5-15(8-12)20-2)19-10-13-6-7-14(17)9-16(13)18/h3-9,11,19H,10H2,1-2H3. The summed E-state index contributed by atoms with van der Waals surface area (Å²) in [6.45, 7) is 2.80. The van der Waals surface area contributed by atoms with E-state index in [-0.39, 0.29) is 6.04 Å². The van der Waals surface area contributed by atoms with Crippen molar-refractivity contribution in [2.45, 2.75) is 19.5 Å². The van der Waals surface area contributed by atoms with Gasteiger partial charge in [-0.05, 0) is 42.3 Å². The molecule has 106 valence electrons. The van der Waals surface area contributed by atoms with Gasteiger partial charge in [-0.2, -0.15) is 0 Å². The van der Waals surface area contributed by atoms with Gasteiger partial charge >= 0.3 is 0 Å². The highest BCUT2D eigenvalue weighted by Crippen LogP contribution is 2.23. The predicted molar refractivity (Wildman–Crippen MR) is 84.7 cm³/mol. The van der Waals surface area contributed by atoms with E-state index in [1.54, 1.807) is 13.2 Å². The molecule has 1 unspecified atom stereocenters. The van der Waals surface area contributed by atoms with Crippen LogP contribution in [0.15, 0.2) is 42.5 Å². The van der Waals surface area contributed by atoms with Gasteiger partial charge in [0, 0.05) is 22.6 Å². The molecule has 2 nitrogen and oxygen atoms in total. The summed E-state index contributed by atoms with van der Waals surface area (Å²) in [6, 6.07) is 13.8. The quantitative estimate of drug-likeness (QED) is 0.852. The summed E-state index contributed by atoms with van der Waals surface area (Å²) in [5, 5.41) is 4.78. The molecule has 0 aliphatic carbocycles. The first-order valence-electron chi connectivity index (χ1n) is 6.41. The Morgan fingerprint density at radius 3 is 2.65 bits per heavy atom. The van der Waals surface area contributed by atoms with Crippen molar-refractivity contribution in [1.29, 1.82) is 0 Å². The third kappa shape index (κ3) is 3.89. The molecule has 0 fully saturated rings. The molecule has 0 spiro atoms. The monoisotopic (exact) mass is 309 g/mol. The Morgan fingerprint density at radius 1 is 1.15 bits per heavy atom. The zero-order valence-corrected chi connectivity index (χ0v) is 13.0. The van der Waals surface area contributed by atoms with Crippen LogP contribution in [0.25, 0.3) is 0 Å². The molecule has 2 aromatic carbocycles. The van der Waals surface area contributed by atoms with Crippen LogP contribution < -0.4 is 10.1 Å². The highest BCUT2D eigenvalue weighted by Gasteiger charge is 2.07. The van der Waals surface area contributed by atoms with Crippen molar-refractivity contribution in [3.8, 4) is 5.75 Å². The van der Waals surface area contributed by atoms with E-state index in [4.69, 9.17) is 27.9 Å². The molecule has 1 atom stereocenters. The number of halogens is 2. The number of hydrogen-bond acceptors (Lipinski definition) is 2. The maximum Gasteiger partial charge on any atom is 0.119 e. The van der Waals surface area contributed by atoms with Gasteiger partial charge in [0.2, 0.25) is 0 Å². The van der Waals surface area contributed by atoms with Gasteiger partial charge in [-0.25, -0.2) is 0 Å². The first kappa shape index (κ1) is 15.2. The highest BCUT2D eigenvalue weighted by molar-refractivity contribution is 6.35. The molecule has 0 heterocycles. The normalized spacial score (nSPS) is 12.2. The number of methoxy groups -OCH3 is 1. The highest BCUT2D eigenvalue weighted by atomic mass is 35.5. The number of hydrogen-bond donors (Lipinski definition) is 1. The van der Waals surface area contributed by atoms with Gasteiger partial charge in [-0.3, -0.25) is 0 Å². The lowest BCUT2D eigenvalue weighted by molar-refractivity contribution is 0.413. The molecule has 0 radical (unpaired) electrons. The molecule has 0 aromatic heterocycles. The zero-order chi connectivity index (χ0) is 14.5. The Bertz CT molecular complexity index is 586. The van der Waals surface area contributed by atoms with Crippen LogP contribution in [0.4, 0.5) is 0 Å². The third-order valence-electron chi connectivity index (χ3n) is 3.21. The summed E-state index contributed by atoms with van der Waals surface area (Å²) < 4.78 is 5.24. The van der Waals surface area contributed by atoms with Gasteiger partial charge in [-0.1, -0.05) is 41.4 Å². The lowest BCUT2D eigenvalue weighted by Gasteiger charge is -2.16. The molecular formula is C16H17Cl2NO. The molecule has 4 heteroatoms. The summed E-state index contributed by atoms with van der Waals surface area (Å²) in [5.74, 6) is 0.862. The van der Waals surface area contributed by atoms with Crippen molar-refractivity contribution in [3.05, 3.63) is 63.6 Å². The van der Waals surface area contributed by atoms with E-state index >= 15 is 0 Å². The van der Waals surface area contributed by atoms with Crippen LogP contribution in [-0.4, -0.2) is 7.11 Å². The van der Waals surface area contributed by atoms with Crippen LogP contribution in [0, 0.1) is 0 Å². The summed E-state index contributed by atoms with van der Waals surface area (Å²) in [7, 11) is 1.67. The summed E-state index contributed by atoms with van der Waals surface area (Å²) in [5.41, 5.74) is 2.21. The summed E-state index contributed by atoms with van der Waals surface area (Å²) in [6.07, 6.45) is 0. The van der Waals surface area contributed by atoms with Crippen molar-refractivity contribution >= 4 is 23.2 Å². The number of ether oxygens (including phenoxy) is 1. The van der Waals surface area contributed by atoms with E-state index in [9.17, 15) is 0 Å². The van der Waals surface area contributed by atoms with Crippen molar-refractivity contribution < 1.29 is 4.74 Å². The maximum absolute atomic E-state index is 6.16. The second-order valence-electron chi connectivity index (χ2n) is 4.61. The fraction of sp³-hybridized carbons (Fsp3) is 0.250. The van der Waals surface area contributed by atoms with Crippen LogP contribution in [0.1, 0.15) is 24.1 Å². The van der Waals surface area contributed by atoms with E-state index in [0.717, 1.165) is 11.3 Å². The smallest absolute Gasteiger partial charge is 0.119 e. The molecule has 2 rings (SSSR count). The van der Waals surface area contributed by atoms with Crippen molar-refractivity contribution in [1.82, 2.24) is 5.32 Å². The van der Waals surface area contributed by atoms with Gasteiger partial charge in [0.25, 0.3) is 0 Å². The van der Waals surface area contributed by atoms with Crippen molar-refractivity contribution in [2.24, 2.45) is 0 Å². The Morgan fingerprint density at radius 2 is 1.95 bits per heavy atom. The molecule has 0 amide bonds. The Labute approximate surface area is 129 Å². The maximum atomic E-state index is 6.16. The fourth-order valence-corrected chi connectivity index (χ4v) is 2.43. The fourth-order valence-electron chi connectivity index (χ4n) is 1.96. The van der Waals surface area contributed by atoms with Crippen LogP contribution in [-0.2, 0) is 6.54 Å². The lowest BCUT2D eigenvalue weighted by Crippen LogP contribution is -2.18. The average molecular weight is 310 g/mol.